The molecule has 0 N–H and O–H groups in total. The summed E-state index contributed by atoms with van der Waals surface area (Å²) in [5.74, 6) is 0. The molecule has 0 aliphatic carbocycles. The summed E-state index contributed by atoms with van der Waals surface area (Å²) in [5.41, 5.74) is 0. The molecule has 0 heterocycles. The molecule has 0 aliphatic rings. The highest BCUT2D eigenvalue weighted by atomic mass is 16.7. The molecule has 0 saturated heterocycles. The summed E-state index contributed by atoms with van der Waals surface area (Å²) in [7, 11) is 5.82. The number of hydrogen-bond donors (Lipinski definition) is 0. The molecule has 0 saturated carbocycles. The van der Waals surface area contributed by atoms with Crippen LogP contribution in [0.15, 0.2) is 0 Å². The van der Waals surface area contributed by atoms with Crippen molar-refractivity contribution in [1.29, 1.82) is 0 Å². The highest BCUT2D eigenvalue weighted by molar-refractivity contribution is 4.41. The molecule has 0 aliphatic heterocycles. The lowest BCUT2D eigenvalue weighted by atomic mass is 10.4. The second-order valence-electron chi connectivity index (χ2n) is 4.22. The quantitative estimate of drug-likeness (QED) is 0.484. The molecule has 3 unspecified atom stereocenters. The summed E-state index contributed by atoms with van der Waals surface area (Å²) < 4.78 is 17.0. The second kappa shape index (κ2) is 6.43. The van der Waals surface area contributed by atoms with Gasteiger partial charge >= 0.3 is 0 Å². The lowest BCUT2D eigenvalue weighted by Crippen LogP contribution is -2.56. The molecule has 0 aromatic rings. The van der Waals surface area contributed by atoms with Crippen LogP contribution >= 0.6 is 0 Å². The Bertz CT molecular complexity index is 173. The van der Waals surface area contributed by atoms with Crippen molar-refractivity contribution in [2.24, 2.45) is 0 Å². The first-order valence-electron chi connectivity index (χ1n) is 5.49. The summed E-state index contributed by atoms with van der Waals surface area (Å²) >= 11 is 0. The van der Waals surface area contributed by atoms with Gasteiger partial charge in [0.15, 0.2) is 18.7 Å². The van der Waals surface area contributed by atoms with Crippen molar-refractivity contribution in [1.82, 2.24) is 0 Å². The summed E-state index contributed by atoms with van der Waals surface area (Å²) in [6, 6.07) is 0. The van der Waals surface area contributed by atoms with E-state index in [1.807, 2.05) is 20.8 Å². The van der Waals surface area contributed by atoms with E-state index in [4.69, 9.17) is 14.2 Å². The largest absolute Gasteiger partial charge is 0.356 e. The Labute approximate surface area is 93.7 Å². The average molecular weight is 220 g/mol. The van der Waals surface area contributed by atoms with E-state index in [0.29, 0.717) is 4.48 Å². The van der Waals surface area contributed by atoms with Gasteiger partial charge in [-0.25, -0.2) is 0 Å². The van der Waals surface area contributed by atoms with Gasteiger partial charge in [-0.1, -0.05) is 0 Å². The van der Waals surface area contributed by atoms with Gasteiger partial charge in [0.05, 0.1) is 20.7 Å². The van der Waals surface area contributed by atoms with E-state index in [-0.39, 0.29) is 18.7 Å². The van der Waals surface area contributed by atoms with Crippen LogP contribution in [0.4, 0.5) is 0 Å². The van der Waals surface area contributed by atoms with Gasteiger partial charge in [0.1, 0.15) is 0 Å². The van der Waals surface area contributed by atoms with Gasteiger partial charge < -0.3 is 14.2 Å². The molecule has 0 aromatic heterocycles. The maximum atomic E-state index is 5.70. The monoisotopic (exact) mass is 220 g/mol. The summed E-state index contributed by atoms with van der Waals surface area (Å²) in [6.45, 7) is 8.70. The van der Waals surface area contributed by atoms with Crippen LogP contribution in [0.25, 0.3) is 0 Å². The molecule has 15 heavy (non-hydrogen) atoms. The predicted molar refractivity (Wildman–Crippen MR) is 60.2 cm³/mol. The summed E-state index contributed by atoms with van der Waals surface area (Å²) in [6.07, 6.45) is -0.0539. The molecule has 4 heteroatoms. The van der Waals surface area contributed by atoms with Crippen LogP contribution in [0.1, 0.15) is 27.7 Å². The standard InChI is InChI=1S/C11H26NO3/c1-8-14-9(2)12(5,6)10(3)15-11(4)13-7/h9-11H,8H2,1-7H3/q+1. The fourth-order valence-electron chi connectivity index (χ4n) is 1.22. The molecule has 0 spiro atoms. The van der Waals surface area contributed by atoms with Crippen molar-refractivity contribution >= 4 is 0 Å². The van der Waals surface area contributed by atoms with E-state index in [1.54, 1.807) is 7.11 Å². The Morgan fingerprint density at radius 3 is 2.00 bits per heavy atom. The minimum atomic E-state index is -0.189. The van der Waals surface area contributed by atoms with Crippen LogP contribution in [0, 0.1) is 0 Å². The van der Waals surface area contributed by atoms with Crippen LogP contribution in [0.5, 0.6) is 0 Å². The number of hydrogen-bond acceptors (Lipinski definition) is 3. The molecule has 0 amide bonds. The highest BCUT2D eigenvalue weighted by Gasteiger charge is 2.32. The molecular weight excluding hydrogens is 194 g/mol. The van der Waals surface area contributed by atoms with Crippen LogP contribution < -0.4 is 0 Å². The molecule has 0 radical (unpaired) electrons. The summed E-state index contributed by atoms with van der Waals surface area (Å²) in [4.78, 5) is 0. The molecule has 0 rings (SSSR count). The van der Waals surface area contributed by atoms with Crippen LogP contribution in [-0.4, -0.2) is 51.0 Å². The van der Waals surface area contributed by atoms with E-state index < -0.39 is 0 Å². The van der Waals surface area contributed by atoms with E-state index in [2.05, 4.69) is 21.0 Å². The lowest BCUT2D eigenvalue weighted by molar-refractivity contribution is -0.977. The topological polar surface area (TPSA) is 27.7 Å². The van der Waals surface area contributed by atoms with E-state index >= 15 is 0 Å². The Morgan fingerprint density at radius 1 is 1.07 bits per heavy atom. The normalized spacial score (nSPS) is 18.6. The van der Waals surface area contributed by atoms with Gasteiger partial charge in [-0.2, -0.15) is 0 Å². The molecule has 0 fully saturated rings. The number of quaternary nitrogens is 1. The van der Waals surface area contributed by atoms with Crippen molar-refractivity contribution in [2.75, 3.05) is 27.8 Å². The first kappa shape index (κ1) is 14.8. The zero-order valence-corrected chi connectivity index (χ0v) is 11.1. The second-order valence-corrected chi connectivity index (χ2v) is 4.22. The Hall–Kier alpha value is -0.160. The van der Waals surface area contributed by atoms with Gasteiger partial charge in [0, 0.05) is 21.0 Å². The van der Waals surface area contributed by atoms with Crippen LogP contribution in [-0.2, 0) is 14.2 Å². The van der Waals surface area contributed by atoms with Gasteiger partial charge in [-0.15, -0.1) is 0 Å². The molecular formula is C11H26NO3+. The van der Waals surface area contributed by atoms with Crippen molar-refractivity contribution in [3.8, 4) is 0 Å². The first-order chi connectivity index (χ1) is 6.86. The lowest BCUT2D eigenvalue weighted by Gasteiger charge is -2.40. The van der Waals surface area contributed by atoms with Gasteiger partial charge in [-0.05, 0) is 13.8 Å². The van der Waals surface area contributed by atoms with Crippen molar-refractivity contribution in [3.05, 3.63) is 0 Å². The Morgan fingerprint density at radius 2 is 1.60 bits per heavy atom. The van der Waals surface area contributed by atoms with E-state index in [1.165, 1.54) is 0 Å². The number of methoxy groups -OCH3 is 1. The SMILES string of the molecule is CCOC(C)[N+](C)(C)C(C)OC(C)OC. The molecule has 92 valence electrons. The zero-order valence-electron chi connectivity index (χ0n) is 11.1. The van der Waals surface area contributed by atoms with Gasteiger partial charge in [0.2, 0.25) is 0 Å². The first-order valence-corrected chi connectivity index (χ1v) is 5.49. The Balaban J connectivity index is 4.29. The third-order valence-electron chi connectivity index (χ3n) is 3.00. The third-order valence-corrected chi connectivity index (χ3v) is 3.00. The van der Waals surface area contributed by atoms with Crippen molar-refractivity contribution in [2.45, 2.75) is 46.4 Å². The molecule has 3 atom stereocenters. The molecule has 0 bridgehead atoms. The summed E-state index contributed by atoms with van der Waals surface area (Å²) in [5, 5.41) is 0. The fourth-order valence-corrected chi connectivity index (χ4v) is 1.22. The van der Waals surface area contributed by atoms with Crippen molar-refractivity contribution < 1.29 is 18.7 Å². The number of ether oxygens (including phenoxy) is 3. The van der Waals surface area contributed by atoms with Crippen LogP contribution in [0.3, 0.4) is 0 Å². The zero-order chi connectivity index (χ0) is 12.1. The predicted octanol–water partition coefficient (Wildman–Crippen LogP) is 1.80. The highest BCUT2D eigenvalue weighted by Crippen LogP contribution is 2.16. The minimum Gasteiger partial charge on any atom is -0.356 e. The molecule has 4 nitrogen and oxygen atoms in total. The van der Waals surface area contributed by atoms with Crippen LogP contribution in [0.2, 0.25) is 0 Å². The fraction of sp³-hybridized carbons (Fsp3) is 1.00. The van der Waals surface area contributed by atoms with Gasteiger partial charge in [0.25, 0.3) is 0 Å². The maximum Gasteiger partial charge on any atom is 0.194 e. The van der Waals surface area contributed by atoms with Gasteiger partial charge in [-0.3, -0.25) is 4.48 Å². The molecule has 0 aromatic carbocycles. The third kappa shape index (κ3) is 4.47. The van der Waals surface area contributed by atoms with E-state index in [0.717, 1.165) is 6.61 Å². The smallest absolute Gasteiger partial charge is 0.194 e. The van der Waals surface area contributed by atoms with E-state index in [9.17, 15) is 0 Å². The number of nitrogens with zero attached hydrogens (tertiary/aromatic N) is 1. The van der Waals surface area contributed by atoms with Crippen molar-refractivity contribution in [3.63, 3.8) is 0 Å². The number of rotatable bonds is 7. The minimum absolute atomic E-state index is 0.0292. The maximum absolute atomic E-state index is 5.70. The Kier molecular flexibility index (Phi) is 6.36. The average Bonchev–Trinajstić information content (AvgIpc) is 2.17.